The Balaban J connectivity index is 2.08. The van der Waals surface area contributed by atoms with Crippen molar-refractivity contribution in [3.8, 4) is 5.75 Å². The second kappa shape index (κ2) is 6.14. The van der Waals surface area contributed by atoms with Crippen LogP contribution < -0.4 is 10.6 Å². The van der Waals surface area contributed by atoms with Crippen LogP contribution in [0.3, 0.4) is 0 Å². The molecule has 0 saturated carbocycles. The van der Waals surface area contributed by atoms with Crippen molar-refractivity contribution < 1.29 is 19.4 Å². The standard InChI is InChI=1S/C16H24N2O4/c1-15(2,3)22-14(20)18-12-7-11(5-6-13(12)19)8-16(21-4)9-17-10-16/h5-7,17,19H,8-10H2,1-4H3,(H,18,20). The molecule has 6 heteroatoms. The van der Waals surface area contributed by atoms with E-state index >= 15 is 0 Å². The van der Waals surface area contributed by atoms with Gasteiger partial charge in [-0.3, -0.25) is 5.32 Å². The number of carbonyl (C=O) groups is 1. The van der Waals surface area contributed by atoms with Crippen molar-refractivity contribution >= 4 is 11.8 Å². The highest BCUT2D eigenvalue weighted by Gasteiger charge is 2.37. The molecule has 0 atom stereocenters. The number of hydrogen-bond donors (Lipinski definition) is 3. The van der Waals surface area contributed by atoms with E-state index in [9.17, 15) is 9.90 Å². The monoisotopic (exact) mass is 308 g/mol. The lowest BCUT2D eigenvalue weighted by molar-refractivity contribution is -0.0502. The van der Waals surface area contributed by atoms with E-state index in [1.165, 1.54) is 0 Å². The Morgan fingerprint density at radius 2 is 2.09 bits per heavy atom. The Morgan fingerprint density at radius 1 is 1.41 bits per heavy atom. The summed E-state index contributed by atoms with van der Waals surface area (Å²) in [6.07, 6.45) is 0.117. The number of nitrogens with one attached hydrogen (secondary N) is 2. The number of benzene rings is 1. The first-order valence-corrected chi connectivity index (χ1v) is 7.31. The highest BCUT2D eigenvalue weighted by molar-refractivity contribution is 5.87. The SMILES string of the molecule is COC1(Cc2ccc(O)c(NC(=O)OC(C)(C)C)c2)CNC1. The molecule has 1 aromatic carbocycles. The zero-order valence-corrected chi connectivity index (χ0v) is 13.5. The molecular weight excluding hydrogens is 284 g/mol. The zero-order chi connectivity index (χ0) is 16.4. The number of rotatable bonds is 4. The molecule has 1 heterocycles. The van der Waals surface area contributed by atoms with E-state index in [1.54, 1.807) is 40.0 Å². The first-order valence-electron chi connectivity index (χ1n) is 7.31. The summed E-state index contributed by atoms with van der Waals surface area (Å²) in [6.45, 7) is 6.94. The van der Waals surface area contributed by atoms with Crippen LogP contribution in [0.1, 0.15) is 26.3 Å². The summed E-state index contributed by atoms with van der Waals surface area (Å²) in [7, 11) is 1.70. The first-order chi connectivity index (χ1) is 10.2. The van der Waals surface area contributed by atoms with Crippen LogP contribution in [-0.2, 0) is 15.9 Å². The highest BCUT2D eigenvalue weighted by atomic mass is 16.6. The molecule has 1 amide bonds. The fourth-order valence-corrected chi connectivity index (χ4v) is 2.32. The minimum absolute atomic E-state index is 0.00723. The van der Waals surface area contributed by atoms with Crippen molar-refractivity contribution in [1.29, 1.82) is 0 Å². The summed E-state index contributed by atoms with van der Waals surface area (Å²) in [6, 6.07) is 5.14. The molecule has 0 bridgehead atoms. The van der Waals surface area contributed by atoms with Gasteiger partial charge in [0.25, 0.3) is 0 Å². The van der Waals surface area contributed by atoms with Gasteiger partial charge in [-0.25, -0.2) is 4.79 Å². The lowest BCUT2D eigenvalue weighted by Gasteiger charge is -2.41. The van der Waals surface area contributed by atoms with Crippen LogP contribution in [0.2, 0.25) is 0 Å². The molecule has 0 spiro atoms. The van der Waals surface area contributed by atoms with Gasteiger partial charge in [-0.1, -0.05) is 6.07 Å². The van der Waals surface area contributed by atoms with Crippen LogP contribution in [0, 0.1) is 0 Å². The number of anilines is 1. The van der Waals surface area contributed by atoms with Gasteiger partial charge in [0.05, 0.1) is 11.3 Å². The number of hydrogen-bond acceptors (Lipinski definition) is 5. The van der Waals surface area contributed by atoms with Crippen molar-refractivity contribution in [2.45, 2.75) is 38.4 Å². The van der Waals surface area contributed by atoms with Gasteiger partial charge in [0.15, 0.2) is 0 Å². The van der Waals surface area contributed by atoms with Gasteiger partial charge in [0.1, 0.15) is 11.4 Å². The van der Waals surface area contributed by atoms with E-state index in [-0.39, 0.29) is 11.4 Å². The number of phenolic OH excluding ortho intramolecular Hbond substituents is 1. The number of phenols is 1. The van der Waals surface area contributed by atoms with Crippen LogP contribution in [0.15, 0.2) is 18.2 Å². The van der Waals surface area contributed by atoms with Crippen LogP contribution in [0.5, 0.6) is 5.75 Å². The van der Waals surface area contributed by atoms with Crippen molar-refractivity contribution in [1.82, 2.24) is 5.32 Å². The maximum Gasteiger partial charge on any atom is 0.412 e. The van der Waals surface area contributed by atoms with Gasteiger partial charge < -0.3 is 19.9 Å². The average Bonchev–Trinajstić information content (AvgIpc) is 2.35. The van der Waals surface area contributed by atoms with E-state index in [0.717, 1.165) is 18.7 Å². The van der Waals surface area contributed by atoms with E-state index in [2.05, 4.69) is 10.6 Å². The minimum atomic E-state index is -0.591. The molecule has 1 aliphatic heterocycles. The van der Waals surface area contributed by atoms with Gasteiger partial charge in [0.2, 0.25) is 0 Å². The zero-order valence-electron chi connectivity index (χ0n) is 13.5. The van der Waals surface area contributed by atoms with E-state index in [0.29, 0.717) is 12.1 Å². The third-order valence-corrected chi connectivity index (χ3v) is 3.55. The number of amides is 1. The molecule has 2 rings (SSSR count). The van der Waals surface area contributed by atoms with Gasteiger partial charge in [-0.15, -0.1) is 0 Å². The molecule has 0 radical (unpaired) electrons. The third kappa shape index (κ3) is 4.11. The summed E-state index contributed by atoms with van der Waals surface area (Å²) in [5.41, 5.74) is 0.521. The number of methoxy groups -OCH3 is 1. The molecule has 1 aliphatic rings. The van der Waals surface area contributed by atoms with E-state index in [1.807, 2.05) is 6.07 Å². The number of ether oxygens (including phenoxy) is 2. The topological polar surface area (TPSA) is 79.8 Å². The molecule has 1 fully saturated rings. The Kier molecular flexibility index (Phi) is 4.63. The molecule has 0 unspecified atom stereocenters. The lowest BCUT2D eigenvalue weighted by atomic mass is 9.88. The number of carbonyl (C=O) groups excluding carboxylic acids is 1. The summed E-state index contributed by atoms with van der Waals surface area (Å²) in [5.74, 6) is 0.00723. The van der Waals surface area contributed by atoms with Crippen LogP contribution in [-0.4, -0.2) is 42.6 Å². The fraction of sp³-hybridized carbons (Fsp3) is 0.562. The quantitative estimate of drug-likeness (QED) is 0.744. The molecule has 6 nitrogen and oxygen atoms in total. The molecule has 122 valence electrons. The second-order valence-electron chi connectivity index (χ2n) is 6.65. The van der Waals surface area contributed by atoms with Crippen molar-refractivity contribution in [3.63, 3.8) is 0 Å². The van der Waals surface area contributed by atoms with Crippen LogP contribution in [0.4, 0.5) is 10.5 Å². The van der Waals surface area contributed by atoms with E-state index in [4.69, 9.17) is 9.47 Å². The van der Waals surface area contributed by atoms with Crippen molar-refractivity contribution in [2.24, 2.45) is 0 Å². The van der Waals surface area contributed by atoms with Gasteiger partial charge >= 0.3 is 6.09 Å². The van der Waals surface area contributed by atoms with Gasteiger partial charge in [-0.05, 0) is 38.5 Å². The highest BCUT2D eigenvalue weighted by Crippen LogP contribution is 2.28. The Bertz CT molecular complexity index is 542. The first kappa shape index (κ1) is 16.6. The molecule has 0 aliphatic carbocycles. The second-order valence-corrected chi connectivity index (χ2v) is 6.65. The van der Waals surface area contributed by atoms with Crippen molar-refractivity contribution in [2.75, 3.05) is 25.5 Å². The minimum Gasteiger partial charge on any atom is -0.506 e. The predicted octanol–water partition coefficient (Wildman–Crippen LogP) is 2.27. The predicted molar refractivity (Wildman–Crippen MR) is 84.3 cm³/mol. The lowest BCUT2D eigenvalue weighted by Crippen LogP contribution is -2.61. The molecule has 22 heavy (non-hydrogen) atoms. The van der Waals surface area contributed by atoms with Gasteiger partial charge in [-0.2, -0.15) is 0 Å². The third-order valence-electron chi connectivity index (χ3n) is 3.55. The molecule has 1 saturated heterocycles. The van der Waals surface area contributed by atoms with Crippen molar-refractivity contribution in [3.05, 3.63) is 23.8 Å². The maximum absolute atomic E-state index is 11.8. The molecule has 3 N–H and O–H groups in total. The van der Waals surface area contributed by atoms with Crippen LogP contribution in [0.25, 0.3) is 0 Å². The molecule has 0 aromatic heterocycles. The Morgan fingerprint density at radius 3 is 2.59 bits per heavy atom. The normalized spacial score (nSPS) is 16.7. The fourth-order valence-electron chi connectivity index (χ4n) is 2.32. The summed E-state index contributed by atoms with van der Waals surface area (Å²) < 4.78 is 10.8. The maximum atomic E-state index is 11.8. The summed E-state index contributed by atoms with van der Waals surface area (Å²) >= 11 is 0. The largest absolute Gasteiger partial charge is 0.506 e. The molecule has 1 aromatic rings. The Labute approximate surface area is 130 Å². The smallest absolute Gasteiger partial charge is 0.412 e. The number of aromatic hydroxyl groups is 1. The van der Waals surface area contributed by atoms with E-state index < -0.39 is 11.7 Å². The summed E-state index contributed by atoms with van der Waals surface area (Å²) in [5, 5.41) is 15.7. The molecular formula is C16H24N2O4. The average molecular weight is 308 g/mol. The summed E-state index contributed by atoms with van der Waals surface area (Å²) in [4.78, 5) is 11.8. The van der Waals surface area contributed by atoms with Crippen LogP contribution >= 0.6 is 0 Å². The van der Waals surface area contributed by atoms with Gasteiger partial charge in [0, 0.05) is 26.6 Å². The Hall–Kier alpha value is -1.79.